The van der Waals surface area contributed by atoms with Crippen LogP contribution in [-0.4, -0.2) is 55.2 Å². The van der Waals surface area contributed by atoms with Crippen molar-refractivity contribution in [2.45, 2.75) is 18.5 Å². The fraction of sp³-hybridized carbons (Fsp3) is 0.207. The number of esters is 1. The van der Waals surface area contributed by atoms with Gasteiger partial charge in [-0.15, -0.1) is 0 Å². The Morgan fingerprint density at radius 3 is 2.47 bits per heavy atom. The second kappa shape index (κ2) is 8.95. The number of fused-ring (bicyclic) bond motifs is 4. The maximum absolute atomic E-state index is 14.2. The molecule has 9 nitrogen and oxygen atoms in total. The van der Waals surface area contributed by atoms with E-state index < -0.39 is 30.0 Å². The van der Waals surface area contributed by atoms with Crippen molar-refractivity contribution >= 4 is 34.5 Å². The van der Waals surface area contributed by atoms with Gasteiger partial charge in [-0.2, -0.15) is 0 Å². The minimum absolute atomic E-state index is 0.135. The molecule has 1 saturated heterocycles. The Labute approximate surface area is 218 Å². The first-order valence-corrected chi connectivity index (χ1v) is 12.1. The number of para-hydroxylation sites is 2. The summed E-state index contributed by atoms with van der Waals surface area (Å²) >= 11 is 0. The Kier molecular flexibility index (Phi) is 5.56. The van der Waals surface area contributed by atoms with Crippen molar-refractivity contribution in [1.82, 2.24) is 9.88 Å². The second-order valence-corrected chi connectivity index (χ2v) is 9.17. The van der Waals surface area contributed by atoms with E-state index in [0.29, 0.717) is 23.5 Å². The van der Waals surface area contributed by atoms with Gasteiger partial charge < -0.3 is 19.2 Å². The molecule has 4 aromatic rings. The predicted octanol–water partition coefficient (Wildman–Crippen LogP) is 4.45. The van der Waals surface area contributed by atoms with Crippen LogP contribution in [0.1, 0.15) is 33.2 Å². The Hall–Kier alpha value is -4.79. The van der Waals surface area contributed by atoms with E-state index in [0.717, 1.165) is 27.1 Å². The topological polar surface area (TPSA) is 101 Å². The van der Waals surface area contributed by atoms with Crippen LogP contribution in [0.25, 0.3) is 10.9 Å². The number of hydrogen-bond acceptors (Lipinski definition) is 6. The molecule has 6 rings (SSSR count). The SMILES string of the molecule is COC(=O)c1ccccc1N1C(=O)[C@H]2Cc3c([nH]c4ccccc34)[C@@H](c3cc(OC)ccc3OC)N2C1=O. The fourth-order valence-corrected chi connectivity index (χ4v) is 5.63. The van der Waals surface area contributed by atoms with Crippen molar-refractivity contribution in [2.24, 2.45) is 0 Å². The molecule has 3 amide bonds. The molecule has 9 heteroatoms. The molecule has 0 bridgehead atoms. The van der Waals surface area contributed by atoms with Crippen LogP contribution in [0.2, 0.25) is 0 Å². The van der Waals surface area contributed by atoms with Gasteiger partial charge in [0, 0.05) is 28.6 Å². The monoisotopic (exact) mass is 511 g/mol. The molecule has 3 heterocycles. The minimum atomic E-state index is -0.791. The van der Waals surface area contributed by atoms with Gasteiger partial charge in [-0.25, -0.2) is 14.5 Å². The number of carbonyl (C=O) groups is 3. The highest BCUT2D eigenvalue weighted by molar-refractivity contribution is 6.23. The summed E-state index contributed by atoms with van der Waals surface area (Å²) in [4.78, 5) is 46.8. The first kappa shape index (κ1) is 23.6. The molecule has 1 N–H and O–H groups in total. The molecule has 2 aliphatic heterocycles. The number of nitrogens with one attached hydrogen (secondary N) is 1. The number of H-pyrrole nitrogens is 1. The van der Waals surface area contributed by atoms with Crippen LogP contribution in [0.15, 0.2) is 66.7 Å². The number of anilines is 1. The number of carbonyl (C=O) groups excluding carboxylic acids is 3. The minimum Gasteiger partial charge on any atom is -0.497 e. The number of benzene rings is 3. The summed E-state index contributed by atoms with van der Waals surface area (Å²) in [5.41, 5.74) is 3.68. The number of imide groups is 1. The molecule has 3 aromatic carbocycles. The number of hydrogen-bond donors (Lipinski definition) is 1. The molecule has 38 heavy (non-hydrogen) atoms. The molecule has 0 spiro atoms. The van der Waals surface area contributed by atoms with E-state index in [9.17, 15) is 14.4 Å². The van der Waals surface area contributed by atoms with E-state index in [1.807, 2.05) is 30.3 Å². The van der Waals surface area contributed by atoms with Gasteiger partial charge >= 0.3 is 12.0 Å². The third-order valence-electron chi connectivity index (χ3n) is 7.33. The summed E-state index contributed by atoms with van der Waals surface area (Å²) in [7, 11) is 4.39. The van der Waals surface area contributed by atoms with E-state index in [4.69, 9.17) is 14.2 Å². The molecule has 0 radical (unpaired) electrons. The zero-order valence-corrected chi connectivity index (χ0v) is 21.1. The van der Waals surface area contributed by atoms with Crippen LogP contribution < -0.4 is 14.4 Å². The van der Waals surface area contributed by atoms with E-state index in [1.165, 1.54) is 13.2 Å². The Morgan fingerprint density at radius 2 is 1.71 bits per heavy atom. The molecule has 0 saturated carbocycles. The van der Waals surface area contributed by atoms with Crippen LogP contribution in [0, 0.1) is 0 Å². The lowest BCUT2D eigenvalue weighted by molar-refractivity contribution is -0.120. The van der Waals surface area contributed by atoms with Gasteiger partial charge in [-0.05, 0) is 42.0 Å². The molecule has 1 fully saturated rings. The number of amides is 3. The third-order valence-corrected chi connectivity index (χ3v) is 7.33. The second-order valence-electron chi connectivity index (χ2n) is 9.17. The van der Waals surface area contributed by atoms with Gasteiger partial charge in [0.25, 0.3) is 5.91 Å². The number of rotatable bonds is 5. The van der Waals surface area contributed by atoms with Gasteiger partial charge in [-0.3, -0.25) is 9.69 Å². The average Bonchev–Trinajstić information content (AvgIpc) is 3.45. The van der Waals surface area contributed by atoms with Crippen molar-refractivity contribution in [2.75, 3.05) is 26.2 Å². The van der Waals surface area contributed by atoms with E-state index in [-0.39, 0.29) is 11.3 Å². The molecular weight excluding hydrogens is 486 g/mol. The molecule has 192 valence electrons. The van der Waals surface area contributed by atoms with E-state index in [1.54, 1.807) is 49.5 Å². The summed E-state index contributed by atoms with van der Waals surface area (Å²) in [6.45, 7) is 0. The summed E-state index contributed by atoms with van der Waals surface area (Å²) in [6, 6.07) is 17.7. The van der Waals surface area contributed by atoms with Crippen molar-refractivity contribution in [3.63, 3.8) is 0 Å². The molecule has 0 aliphatic carbocycles. The highest BCUT2D eigenvalue weighted by Gasteiger charge is 2.54. The number of aromatic nitrogens is 1. The number of urea groups is 1. The Balaban J connectivity index is 1.58. The number of aromatic amines is 1. The molecule has 2 aliphatic rings. The number of ether oxygens (including phenoxy) is 3. The quantitative estimate of drug-likeness (QED) is 0.314. The van der Waals surface area contributed by atoms with Crippen LogP contribution in [0.5, 0.6) is 11.5 Å². The smallest absolute Gasteiger partial charge is 0.339 e. The highest BCUT2D eigenvalue weighted by Crippen LogP contribution is 2.47. The standard InChI is InChI=1S/C29H25N3O6/c1-36-16-12-13-24(37-2)20(14-16)26-25-19(17-8-4-6-10-21(17)30-25)15-23-27(33)32(29(35)31(23)26)22-11-7-5-9-18(22)28(34)38-3/h4-14,23,26,30H,15H2,1-3H3/t23-,26-/m1/s1. The van der Waals surface area contributed by atoms with Crippen molar-refractivity contribution in [1.29, 1.82) is 0 Å². The fourth-order valence-electron chi connectivity index (χ4n) is 5.63. The van der Waals surface area contributed by atoms with E-state index >= 15 is 0 Å². The van der Waals surface area contributed by atoms with Gasteiger partial charge in [0.05, 0.1) is 32.6 Å². The zero-order valence-electron chi connectivity index (χ0n) is 21.1. The lowest BCUT2D eigenvalue weighted by Gasteiger charge is -2.36. The first-order chi connectivity index (χ1) is 18.5. The maximum atomic E-state index is 14.2. The van der Waals surface area contributed by atoms with Gasteiger partial charge in [0.15, 0.2) is 0 Å². The van der Waals surface area contributed by atoms with Gasteiger partial charge in [0.1, 0.15) is 23.6 Å². The Morgan fingerprint density at radius 1 is 0.947 bits per heavy atom. The zero-order chi connectivity index (χ0) is 26.6. The van der Waals surface area contributed by atoms with Crippen molar-refractivity contribution in [3.05, 3.63) is 89.1 Å². The highest BCUT2D eigenvalue weighted by atomic mass is 16.5. The summed E-state index contributed by atoms with van der Waals surface area (Å²) in [5.74, 6) is 0.101. The predicted molar refractivity (Wildman–Crippen MR) is 140 cm³/mol. The summed E-state index contributed by atoms with van der Waals surface area (Å²) in [6.07, 6.45) is 0.323. The molecular formula is C29H25N3O6. The van der Waals surface area contributed by atoms with E-state index in [2.05, 4.69) is 4.98 Å². The van der Waals surface area contributed by atoms with Crippen LogP contribution in [0.4, 0.5) is 10.5 Å². The summed E-state index contributed by atoms with van der Waals surface area (Å²) < 4.78 is 16.1. The number of nitrogens with zero attached hydrogens (tertiary/aromatic N) is 2. The van der Waals surface area contributed by atoms with Crippen molar-refractivity contribution in [3.8, 4) is 11.5 Å². The molecule has 0 unspecified atom stereocenters. The molecule has 1 aromatic heterocycles. The first-order valence-electron chi connectivity index (χ1n) is 12.1. The van der Waals surface area contributed by atoms with Gasteiger partial charge in [-0.1, -0.05) is 30.3 Å². The summed E-state index contributed by atoms with van der Waals surface area (Å²) in [5, 5.41) is 0.989. The normalized spacial score (nSPS) is 18.4. The third kappa shape index (κ3) is 3.35. The molecule has 2 atom stereocenters. The number of methoxy groups -OCH3 is 3. The van der Waals surface area contributed by atoms with Crippen molar-refractivity contribution < 1.29 is 28.6 Å². The lowest BCUT2D eigenvalue weighted by atomic mass is 9.88. The maximum Gasteiger partial charge on any atom is 0.339 e. The van der Waals surface area contributed by atoms with Crippen LogP contribution in [0.3, 0.4) is 0 Å². The lowest BCUT2D eigenvalue weighted by Crippen LogP contribution is -2.44. The van der Waals surface area contributed by atoms with Gasteiger partial charge in [0.2, 0.25) is 0 Å². The average molecular weight is 512 g/mol. The largest absolute Gasteiger partial charge is 0.497 e. The van der Waals surface area contributed by atoms with Crippen LogP contribution in [-0.2, 0) is 16.0 Å². The Bertz CT molecular complexity index is 1610. The van der Waals surface area contributed by atoms with Crippen LogP contribution >= 0.6 is 0 Å².